The molecule has 0 bridgehead atoms. The fourth-order valence-corrected chi connectivity index (χ4v) is 6.15. The van der Waals surface area contributed by atoms with E-state index in [1.165, 1.54) is 49.7 Å². The van der Waals surface area contributed by atoms with Gasteiger partial charge in [-0.05, 0) is 36.8 Å². The summed E-state index contributed by atoms with van der Waals surface area (Å²) in [6.45, 7) is 0. The summed E-state index contributed by atoms with van der Waals surface area (Å²) in [5, 5.41) is 0. The summed E-state index contributed by atoms with van der Waals surface area (Å²) in [5.74, 6) is 0. The molecule has 2 saturated carbocycles. The highest BCUT2D eigenvalue weighted by Gasteiger charge is 2.51. The second kappa shape index (κ2) is 8.83. The van der Waals surface area contributed by atoms with Gasteiger partial charge in [-0.15, -0.1) is 0 Å². The summed E-state index contributed by atoms with van der Waals surface area (Å²) in [7, 11) is 0. The molecule has 158 valence electrons. The van der Waals surface area contributed by atoms with E-state index < -0.39 is 0 Å². The van der Waals surface area contributed by atoms with Crippen LogP contribution in [-0.4, -0.2) is 27.9 Å². The molecule has 1 saturated heterocycles. The zero-order valence-corrected chi connectivity index (χ0v) is 18.0. The van der Waals surface area contributed by atoms with Crippen molar-refractivity contribution in [2.75, 3.05) is 0 Å². The molecule has 2 amide bonds. The fourth-order valence-electron chi connectivity index (χ4n) is 6.15. The minimum Gasteiger partial charge on any atom is -0.312 e. The van der Waals surface area contributed by atoms with Crippen LogP contribution in [-0.2, 0) is 0 Å². The molecule has 2 aromatic carbocycles. The highest BCUT2D eigenvalue weighted by molar-refractivity contribution is 5.79. The predicted octanol–water partition coefficient (Wildman–Crippen LogP) is 6.87. The van der Waals surface area contributed by atoms with E-state index in [1.54, 1.807) is 0 Å². The Morgan fingerprint density at radius 3 is 1.27 bits per heavy atom. The molecule has 1 aliphatic heterocycles. The molecule has 2 aromatic rings. The maximum Gasteiger partial charge on any atom is 0.321 e. The summed E-state index contributed by atoms with van der Waals surface area (Å²) in [6.07, 6.45) is 12.2. The van der Waals surface area contributed by atoms with Gasteiger partial charge in [-0.2, -0.15) is 0 Å². The van der Waals surface area contributed by atoms with E-state index in [4.69, 9.17) is 0 Å². The van der Waals surface area contributed by atoms with Gasteiger partial charge in [-0.3, -0.25) is 0 Å². The number of hydrogen-bond acceptors (Lipinski definition) is 1. The van der Waals surface area contributed by atoms with Crippen LogP contribution in [0.25, 0.3) is 0 Å². The number of carbonyl (C=O) groups is 1. The van der Waals surface area contributed by atoms with Crippen molar-refractivity contribution in [3.05, 3.63) is 71.8 Å². The average Bonchev–Trinajstić information content (AvgIpc) is 3.14. The first kappa shape index (κ1) is 19.7. The lowest BCUT2D eigenvalue weighted by Crippen LogP contribution is -2.44. The van der Waals surface area contributed by atoms with Crippen molar-refractivity contribution in [1.82, 2.24) is 9.80 Å². The fraction of sp³-hybridized carbons (Fsp3) is 0.519. The number of urea groups is 1. The molecule has 0 radical (unpaired) electrons. The van der Waals surface area contributed by atoms with Crippen molar-refractivity contribution in [3.63, 3.8) is 0 Å². The minimum atomic E-state index is 0.103. The van der Waals surface area contributed by atoms with Crippen molar-refractivity contribution in [2.24, 2.45) is 0 Å². The number of benzene rings is 2. The molecule has 0 unspecified atom stereocenters. The van der Waals surface area contributed by atoms with Gasteiger partial charge in [0.05, 0.1) is 12.1 Å². The molecular weight excluding hydrogens is 368 g/mol. The highest BCUT2D eigenvalue weighted by Crippen LogP contribution is 2.50. The van der Waals surface area contributed by atoms with Crippen molar-refractivity contribution >= 4 is 6.03 Å². The third-order valence-corrected chi connectivity index (χ3v) is 7.56. The molecular formula is C27H34N2O. The number of hydrogen-bond donors (Lipinski definition) is 0. The van der Waals surface area contributed by atoms with Gasteiger partial charge in [0.15, 0.2) is 0 Å². The van der Waals surface area contributed by atoms with Gasteiger partial charge in [0.25, 0.3) is 0 Å². The first-order valence-corrected chi connectivity index (χ1v) is 12.0. The molecule has 2 aliphatic carbocycles. The second-order valence-corrected chi connectivity index (χ2v) is 9.39. The third kappa shape index (κ3) is 3.64. The van der Waals surface area contributed by atoms with Gasteiger partial charge >= 0.3 is 6.03 Å². The maximum atomic E-state index is 14.1. The Balaban J connectivity index is 1.61. The van der Waals surface area contributed by atoms with Crippen LogP contribution in [0.4, 0.5) is 4.79 Å². The van der Waals surface area contributed by atoms with Crippen molar-refractivity contribution in [3.8, 4) is 0 Å². The summed E-state index contributed by atoms with van der Waals surface area (Å²) in [4.78, 5) is 18.7. The van der Waals surface area contributed by atoms with Crippen LogP contribution in [0.2, 0.25) is 0 Å². The Kier molecular flexibility index (Phi) is 5.79. The third-order valence-electron chi connectivity index (χ3n) is 7.56. The van der Waals surface area contributed by atoms with E-state index in [0.717, 1.165) is 25.7 Å². The Morgan fingerprint density at radius 2 is 0.900 bits per heavy atom. The van der Waals surface area contributed by atoms with Crippen LogP contribution >= 0.6 is 0 Å². The van der Waals surface area contributed by atoms with E-state index in [0.29, 0.717) is 12.1 Å². The summed E-state index contributed by atoms with van der Waals surface area (Å²) >= 11 is 0. The molecule has 3 heteroatoms. The van der Waals surface area contributed by atoms with Gasteiger partial charge in [-0.25, -0.2) is 4.79 Å². The highest BCUT2D eigenvalue weighted by atomic mass is 16.2. The van der Waals surface area contributed by atoms with Crippen molar-refractivity contribution in [1.29, 1.82) is 0 Å². The van der Waals surface area contributed by atoms with Crippen LogP contribution in [0.5, 0.6) is 0 Å². The van der Waals surface area contributed by atoms with Crippen LogP contribution in [0.3, 0.4) is 0 Å². The van der Waals surface area contributed by atoms with Crippen LogP contribution in [0, 0.1) is 0 Å². The smallest absolute Gasteiger partial charge is 0.312 e. The van der Waals surface area contributed by atoms with Gasteiger partial charge in [0.1, 0.15) is 0 Å². The predicted molar refractivity (Wildman–Crippen MR) is 121 cm³/mol. The SMILES string of the molecule is O=C1N(C2CCCCC2)[C@H](c2ccccc2)[C@@H](c2ccccc2)N1C1CCCCC1. The van der Waals surface area contributed by atoms with Crippen LogP contribution in [0.15, 0.2) is 60.7 Å². The molecule has 0 aromatic heterocycles. The average molecular weight is 403 g/mol. The first-order chi connectivity index (χ1) is 14.8. The number of rotatable bonds is 4. The molecule has 0 spiro atoms. The number of nitrogens with zero attached hydrogens (tertiary/aromatic N) is 2. The summed E-state index contributed by atoms with van der Waals surface area (Å²) in [6, 6.07) is 22.8. The standard InChI is InChI=1S/C27H34N2O/c30-27-28(23-17-9-3-10-18-23)25(21-13-5-1-6-14-21)26(22-15-7-2-8-16-22)29(27)24-19-11-4-12-20-24/h1-2,5-8,13-16,23-26H,3-4,9-12,17-20H2/t25-,26-/m1/s1. The van der Waals surface area contributed by atoms with Gasteiger partial charge in [-0.1, -0.05) is 99.2 Å². The van der Waals surface area contributed by atoms with Crippen LogP contribution in [0.1, 0.15) is 87.4 Å². The lowest BCUT2D eigenvalue weighted by atomic mass is 9.87. The van der Waals surface area contributed by atoms with Crippen molar-refractivity contribution < 1.29 is 4.79 Å². The molecule has 0 N–H and O–H groups in total. The lowest BCUT2D eigenvalue weighted by molar-refractivity contribution is 0.134. The van der Waals surface area contributed by atoms with E-state index in [1.807, 2.05) is 0 Å². The first-order valence-electron chi connectivity index (χ1n) is 12.0. The Morgan fingerprint density at radius 1 is 0.533 bits per heavy atom. The summed E-state index contributed by atoms with van der Waals surface area (Å²) in [5.41, 5.74) is 2.56. The second-order valence-electron chi connectivity index (χ2n) is 9.39. The van der Waals surface area contributed by atoms with E-state index in [2.05, 4.69) is 70.5 Å². The quantitative estimate of drug-likeness (QED) is 0.547. The molecule has 2 atom stereocenters. The molecule has 5 rings (SSSR count). The largest absolute Gasteiger partial charge is 0.321 e. The van der Waals surface area contributed by atoms with E-state index >= 15 is 0 Å². The Bertz CT molecular complexity index is 755. The van der Waals surface area contributed by atoms with Gasteiger partial charge in [0.2, 0.25) is 0 Å². The Hall–Kier alpha value is -2.29. The van der Waals surface area contributed by atoms with Gasteiger partial charge in [0, 0.05) is 12.1 Å². The number of amides is 2. The normalized spacial score (nSPS) is 26.3. The zero-order chi connectivity index (χ0) is 20.3. The molecule has 3 fully saturated rings. The molecule has 3 aliphatic rings. The van der Waals surface area contributed by atoms with Crippen molar-refractivity contribution in [2.45, 2.75) is 88.4 Å². The maximum absolute atomic E-state index is 14.1. The summed E-state index contributed by atoms with van der Waals surface area (Å²) < 4.78 is 0. The Labute approximate surface area is 181 Å². The molecule has 1 heterocycles. The van der Waals surface area contributed by atoms with E-state index in [-0.39, 0.29) is 18.1 Å². The molecule has 3 nitrogen and oxygen atoms in total. The number of carbonyl (C=O) groups excluding carboxylic acids is 1. The van der Waals surface area contributed by atoms with Gasteiger partial charge < -0.3 is 9.80 Å². The van der Waals surface area contributed by atoms with Crippen LogP contribution < -0.4 is 0 Å². The molecule has 30 heavy (non-hydrogen) atoms. The topological polar surface area (TPSA) is 23.6 Å². The lowest BCUT2D eigenvalue weighted by Gasteiger charge is -2.36. The van der Waals surface area contributed by atoms with E-state index in [9.17, 15) is 4.79 Å². The monoisotopic (exact) mass is 402 g/mol. The zero-order valence-electron chi connectivity index (χ0n) is 18.0. The minimum absolute atomic E-state index is 0.103.